The third-order valence-corrected chi connectivity index (χ3v) is 6.16. The Balaban J connectivity index is 1.59. The molecule has 3 aliphatic rings. The number of ether oxygens (including phenoxy) is 1. The monoisotopic (exact) mass is 306 g/mol. The van der Waals surface area contributed by atoms with E-state index in [2.05, 4.69) is 26.0 Å². The molecule has 3 nitrogen and oxygen atoms in total. The van der Waals surface area contributed by atoms with E-state index in [9.17, 15) is 9.90 Å². The molecule has 22 heavy (non-hydrogen) atoms. The lowest BCUT2D eigenvalue weighted by Crippen LogP contribution is -2.37. The number of hydrogen-bond acceptors (Lipinski definition) is 3. The average Bonchev–Trinajstić information content (AvgIpc) is 2.45. The highest BCUT2D eigenvalue weighted by Crippen LogP contribution is 2.46. The molecular weight excluding hydrogens is 276 g/mol. The van der Waals surface area contributed by atoms with Crippen LogP contribution in [0.5, 0.6) is 0 Å². The highest BCUT2D eigenvalue weighted by atomic mass is 16.5. The summed E-state index contributed by atoms with van der Waals surface area (Å²) in [5, 5.41) is 9.74. The molecule has 2 fully saturated rings. The van der Waals surface area contributed by atoms with E-state index in [4.69, 9.17) is 4.74 Å². The molecule has 0 bridgehead atoms. The van der Waals surface area contributed by atoms with Crippen LogP contribution in [0.3, 0.4) is 0 Å². The summed E-state index contributed by atoms with van der Waals surface area (Å²) in [5.41, 5.74) is 0. The van der Waals surface area contributed by atoms with E-state index in [0.29, 0.717) is 18.3 Å². The standard InChI is InChI=1S/C19H30O3/c1-12-3-7-18-14(9-12)5-4-13(2)17(18)8-6-16-10-15(20)11-19(21)22-16/h4-5,12-18,20H,3,6-11H2,1-2H3/t12-,13+,14+,15-,16-,17+,18+/m1/s1. The first kappa shape index (κ1) is 16.0. The maximum Gasteiger partial charge on any atom is 0.308 e. The zero-order chi connectivity index (χ0) is 15.7. The van der Waals surface area contributed by atoms with Gasteiger partial charge in [0.05, 0.1) is 12.5 Å². The topological polar surface area (TPSA) is 46.5 Å². The number of cyclic esters (lactones) is 1. The quantitative estimate of drug-likeness (QED) is 0.638. The minimum atomic E-state index is -0.502. The van der Waals surface area contributed by atoms with Crippen LogP contribution in [0.2, 0.25) is 0 Å². The zero-order valence-electron chi connectivity index (χ0n) is 13.9. The summed E-state index contributed by atoms with van der Waals surface area (Å²) < 4.78 is 5.42. The maximum atomic E-state index is 11.5. The first-order valence-electron chi connectivity index (χ1n) is 9.08. The lowest BCUT2D eigenvalue weighted by molar-refractivity contribution is -0.160. The Morgan fingerprint density at radius 1 is 1.18 bits per heavy atom. The number of aliphatic hydroxyl groups excluding tert-OH is 1. The van der Waals surface area contributed by atoms with Gasteiger partial charge in [-0.25, -0.2) is 0 Å². The van der Waals surface area contributed by atoms with Crippen molar-refractivity contribution < 1.29 is 14.6 Å². The molecule has 0 radical (unpaired) electrons. The van der Waals surface area contributed by atoms with Gasteiger partial charge in [-0.2, -0.15) is 0 Å². The van der Waals surface area contributed by atoms with Crippen LogP contribution in [0, 0.1) is 29.6 Å². The number of rotatable bonds is 3. The minimum Gasteiger partial charge on any atom is -0.462 e. The maximum absolute atomic E-state index is 11.5. The van der Waals surface area contributed by atoms with E-state index in [0.717, 1.165) is 30.6 Å². The Kier molecular flexibility index (Phi) is 4.91. The van der Waals surface area contributed by atoms with Crippen LogP contribution in [0.15, 0.2) is 12.2 Å². The van der Waals surface area contributed by atoms with E-state index in [1.54, 1.807) is 0 Å². The Morgan fingerprint density at radius 2 is 2.00 bits per heavy atom. The largest absolute Gasteiger partial charge is 0.462 e. The molecule has 3 heteroatoms. The number of aliphatic hydroxyl groups is 1. The third-order valence-electron chi connectivity index (χ3n) is 6.16. The van der Waals surface area contributed by atoms with Crippen LogP contribution in [0.1, 0.15) is 58.8 Å². The van der Waals surface area contributed by atoms with Gasteiger partial charge >= 0.3 is 5.97 Å². The second-order valence-corrected chi connectivity index (χ2v) is 7.94. The smallest absolute Gasteiger partial charge is 0.308 e. The molecule has 0 unspecified atom stereocenters. The second-order valence-electron chi connectivity index (χ2n) is 7.94. The van der Waals surface area contributed by atoms with Gasteiger partial charge in [-0.15, -0.1) is 0 Å². The summed E-state index contributed by atoms with van der Waals surface area (Å²) >= 11 is 0. The summed E-state index contributed by atoms with van der Waals surface area (Å²) in [6.07, 6.45) is 11.1. The zero-order valence-corrected chi connectivity index (χ0v) is 13.9. The van der Waals surface area contributed by atoms with Crippen molar-refractivity contribution in [2.45, 2.75) is 71.0 Å². The Hall–Kier alpha value is -0.830. The molecule has 1 heterocycles. The Labute approximate surface area is 134 Å². The van der Waals surface area contributed by atoms with Gasteiger partial charge in [-0.3, -0.25) is 4.79 Å². The second kappa shape index (κ2) is 6.74. The SMILES string of the molecule is C[C@@H]1CC[C@@H]2[C@@H](CC[C@@H]3C[C@@H](O)CC(=O)O3)[C@@H](C)C=C[C@H]2C1. The summed E-state index contributed by atoms with van der Waals surface area (Å²) in [6, 6.07) is 0. The van der Waals surface area contributed by atoms with Crippen LogP contribution < -0.4 is 0 Å². The average molecular weight is 306 g/mol. The van der Waals surface area contributed by atoms with Crippen molar-refractivity contribution in [1.29, 1.82) is 0 Å². The van der Waals surface area contributed by atoms with Gasteiger partial charge in [-0.05, 0) is 55.3 Å². The Bertz CT molecular complexity index is 430. The van der Waals surface area contributed by atoms with Crippen LogP contribution >= 0.6 is 0 Å². The summed E-state index contributed by atoms with van der Waals surface area (Å²) in [6.45, 7) is 4.71. The number of hydrogen-bond donors (Lipinski definition) is 1. The fourth-order valence-corrected chi connectivity index (χ4v) is 4.95. The lowest BCUT2D eigenvalue weighted by Gasteiger charge is -2.44. The number of carbonyl (C=O) groups is 1. The fourth-order valence-electron chi connectivity index (χ4n) is 4.95. The van der Waals surface area contributed by atoms with Gasteiger partial charge in [0.1, 0.15) is 6.10 Å². The van der Waals surface area contributed by atoms with Crippen molar-refractivity contribution in [3.05, 3.63) is 12.2 Å². The molecule has 7 atom stereocenters. The van der Waals surface area contributed by atoms with Gasteiger partial charge in [0.2, 0.25) is 0 Å². The molecule has 0 amide bonds. The summed E-state index contributed by atoms with van der Waals surface area (Å²) in [7, 11) is 0. The van der Waals surface area contributed by atoms with Crippen molar-refractivity contribution in [2.75, 3.05) is 0 Å². The first-order chi connectivity index (χ1) is 10.5. The first-order valence-corrected chi connectivity index (χ1v) is 9.08. The van der Waals surface area contributed by atoms with E-state index in [-0.39, 0.29) is 18.5 Å². The van der Waals surface area contributed by atoms with E-state index >= 15 is 0 Å². The Morgan fingerprint density at radius 3 is 2.77 bits per heavy atom. The highest BCUT2D eigenvalue weighted by molar-refractivity contribution is 5.70. The molecule has 0 spiro atoms. The van der Waals surface area contributed by atoms with Crippen molar-refractivity contribution in [3.63, 3.8) is 0 Å². The number of esters is 1. The van der Waals surface area contributed by atoms with Crippen molar-refractivity contribution in [2.24, 2.45) is 29.6 Å². The lowest BCUT2D eigenvalue weighted by atomic mass is 9.62. The molecule has 124 valence electrons. The van der Waals surface area contributed by atoms with Crippen molar-refractivity contribution in [3.8, 4) is 0 Å². The number of allylic oxidation sites excluding steroid dienone is 2. The summed E-state index contributed by atoms with van der Waals surface area (Å²) in [4.78, 5) is 11.5. The van der Waals surface area contributed by atoms with Crippen LogP contribution in [0.4, 0.5) is 0 Å². The fraction of sp³-hybridized carbons (Fsp3) is 0.842. The van der Waals surface area contributed by atoms with Gasteiger partial charge in [-0.1, -0.05) is 32.4 Å². The molecule has 0 aromatic rings. The molecule has 1 aliphatic heterocycles. The van der Waals surface area contributed by atoms with E-state index in [1.807, 2.05) is 0 Å². The van der Waals surface area contributed by atoms with Crippen LogP contribution in [-0.2, 0) is 9.53 Å². The minimum absolute atomic E-state index is 0.0738. The highest BCUT2D eigenvalue weighted by Gasteiger charge is 2.38. The molecule has 1 saturated carbocycles. The van der Waals surface area contributed by atoms with Gasteiger partial charge in [0, 0.05) is 6.42 Å². The van der Waals surface area contributed by atoms with Crippen LogP contribution in [0.25, 0.3) is 0 Å². The van der Waals surface area contributed by atoms with Crippen molar-refractivity contribution >= 4 is 5.97 Å². The predicted molar refractivity (Wildman–Crippen MR) is 86.1 cm³/mol. The molecular formula is C19H30O3. The summed E-state index contributed by atoms with van der Waals surface area (Å²) in [5.74, 6) is 3.52. The molecule has 1 saturated heterocycles. The van der Waals surface area contributed by atoms with Gasteiger partial charge < -0.3 is 9.84 Å². The van der Waals surface area contributed by atoms with Gasteiger partial charge in [0.25, 0.3) is 0 Å². The molecule has 1 N–H and O–H groups in total. The molecule has 0 aromatic carbocycles. The molecule has 2 aliphatic carbocycles. The third kappa shape index (κ3) is 3.56. The van der Waals surface area contributed by atoms with Crippen LogP contribution in [-0.4, -0.2) is 23.3 Å². The number of carbonyl (C=O) groups excluding carboxylic acids is 1. The normalized spacial score (nSPS) is 45.2. The van der Waals surface area contributed by atoms with Gasteiger partial charge in [0.15, 0.2) is 0 Å². The predicted octanol–water partition coefficient (Wildman–Crippen LogP) is 3.71. The van der Waals surface area contributed by atoms with E-state index in [1.165, 1.54) is 19.3 Å². The molecule has 0 aromatic heterocycles. The van der Waals surface area contributed by atoms with E-state index < -0.39 is 6.10 Å². The molecule has 3 rings (SSSR count). The van der Waals surface area contributed by atoms with Crippen molar-refractivity contribution in [1.82, 2.24) is 0 Å². The number of fused-ring (bicyclic) bond motifs is 1.